The second-order valence-electron chi connectivity index (χ2n) is 2.19. The van der Waals surface area contributed by atoms with Gasteiger partial charge in [-0.25, -0.2) is 0 Å². The number of aryl methyl sites for hydroxylation is 1. The lowest BCUT2D eigenvalue weighted by molar-refractivity contribution is 1.36. The summed E-state index contributed by atoms with van der Waals surface area (Å²) in [5.74, 6) is 0. The number of rotatable bonds is 0. The van der Waals surface area contributed by atoms with Crippen molar-refractivity contribution in [1.82, 2.24) is 0 Å². The molecule has 0 fully saturated rings. The van der Waals surface area contributed by atoms with E-state index in [9.17, 15) is 0 Å². The number of hydrogen-bond donors (Lipinski definition) is 0. The van der Waals surface area contributed by atoms with Gasteiger partial charge in [0.15, 0.2) is 0 Å². The van der Waals surface area contributed by atoms with E-state index in [2.05, 4.69) is 44.6 Å². The number of nitrogens with zero attached hydrogens (tertiary/aromatic N) is 1. The molecule has 0 saturated heterocycles. The predicted molar refractivity (Wildman–Crippen MR) is 56.3 cm³/mol. The smallest absolute Gasteiger partial charge is 0.101 e. The Morgan fingerprint density at radius 3 is 2.64 bits per heavy atom. The fraction of sp³-hybridized carbons (Fsp3) is 0.125. The molecular formula is C8H5BrIN. The normalized spacial score (nSPS) is 9.27. The third-order valence-corrected chi connectivity index (χ3v) is 2.67. The summed E-state index contributed by atoms with van der Waals surface area (Å²) < 4.78 is 2.02. The highest BCUT2D eigenvalue weighted by Crippen LogP contribution is 2.21. The lowest BCUT2D eigenvalue weighted by atomic mass is 10.1. The molecule has 0 N–H and O–H groups in total. The highest BCUT2D eigenvalue weighted by molar-refractivity contribution is 14.1. The molecule has 1 aromatic rings. The fourth-order valence-electron chi connectivity index (χ4n) is 0.844. The molecule has 56 valence electrons. The van der Waals surface area contributed by atoms with Crippen LogP contribution in [0.25, 0.3) is 0 Å². The first-order valence-corrected chi connectivity index (χ1v) is 4.88. The Labute approximate surface area is 87.7 Å². The zero-order valence-corrected chi connectivity index (χ0v) is 9.60. The zero-order valence-electron chi connectivity index (χ0n) is 5.86. The van der Waals surface area contributed by atoms with Gasteiger partial charge in [0, 0.05) is 8.04 Å². The number of nitriles is 1. The molecule has 0 aliphatic rings. The Kier molecular flexibility index (Phi) is 2.90. The third-order valence-electron chi connectivity index (χ3n) is 1.36. The number of benzene rings is 1. The van der Waals surface area contributed by atoms with Crippen LogP contribution in [0, 0.1) is 21.8 Å². The van der Waals surface area contributed by atoms with Gasteiger partial charge >= 0.3 is 0 Å². The molecule has 0 radical (unpaired) electrons. The highest BCUT2D eigenvalue weighted by Gasteiger charge is 2.02. The van der Waals surface area contributed by atoms with Crippen LogP contribution >= 0.6 is 38.5 Å². The van der Waals surface area contributed by atoms with Gasteiger partial charge in [0.1, 0.15) is 6.07 Å². The second kappa shape index (κ2) is 3.55. The van der Waals surface area contributed by atoms with Gasteiger partial charge in [-0.2, -0.15) is 5.26 Å². The van der Waals surface area contributed by atoms with Crippen LogP contribution in [0.3, 0.4) is 0 Å². The zero-order chi connectivity index (χ0) is 8.43. The summed E-state index contributed by atoms with van der Waals surface area (Å²) in [6.45, 7) is 1.94. The van der Waals surface area contributed by atoms with Crippen molar-refractivity contribution in [2.75, 3.05) is 0 Å². The summed E-state index contributed by atoms with van der Waals surface area (Å²) in [4.78, 5) is 0. The molecule has 11 heavy (non-hydrogen) atoms. The summed E-state index contributed by atoms with van der Waals surface area (Å²) in [5, 5.41) is 8.72. The van der Waals surface area contributed by atoms with E-state index in [1.807, 2.05) is 19.1 Å². The van der Waals surface area contributed by atoms with Crippen molar-refractivity contribution in [2.24, 2.45) is 0 Å². The van der Waals surface area contributed by atoms with Crippen molar-refractivity contribution < 1.29 is 0 Å². The van der Waals surface area contributed by atoms with Gasteiger partial charge < -0.3 is 0 Å². The Morgan fingerprint density at radius 2 is 2.18 bits per heavy atom. The molecule has 1 nitrogen and oxygen atoms in total. The van der Waals surface area contributed by atoms with E-state index in [0.29, 0.717) is 0 Å². The first kappa shape index (κ1) is 9.01. The third kappa shape index (κ3) is 1.94. The minimum absolute atomic E-state index is 0.772. The van der Waals surface area contributed by atoms with Crippen molar-refractivity contribution in [3.05, 3.63) is 31.3 Å². The monoisotopic (exact) mass is 321 g/mol. The van der Waals surface area contributed by atoms with Gasteiger partial charge in [0.25, 0.3) is 0 Å². The summed E-state index contributed by atoms with van der Waals surface area (Å²) in [6, 6.07) is 6.04. The van der Waals surface area contributed by atoms with E-state index in [4.69, 9.17) is 5.26 Å². The van der Waals surface area contributed by atoms with Gasteiger partial charge in [0.05, 0.1) is 5.56 Å². The molecule has 0 aliphatic heterocycles. The van der Waals surface area contributed by atoms with Crippen LogP contribution in [0.4, 0.5) is 0 Å². The van der Waals surface area contributed by atoms with Crippen molar-refractivity contribution in [2.45, 2.75) is 6.92 Å². The molecule has 0 saturated carbocycles. The SMILES string of the molecule is Cc1cc(Br)cc(I)c1C#N. The Hall–Kier alpha value is -0.0800. The molecule has 0 amide bonds. The van der Waals surface area contributed by atoms with Gasteiger partial charge in [-0.15, -0.1) is 0 Å². The van der Waals surface area contributed by atoms with Crippen molar-refractivity contribution >= 4 is 38.5 Å². The Morgan fingerprint density at radius 1 is 1.55 bits per heavy atom. The first-order valence-electron chi connectivity index (χ1n) is 3.01. The molecule has 1 rings (SSSR count). The largest absolute Gasteiger partial charge is 0.192 e. The van der Waals surface area contributed by atoms with Crippen molar-refractivity contribution in [3.63, 3.8) is 0 Å². The molecule has 1 aromatic carbocycles. The van der Waals surface area contributed by atoms with E-state index in [-0.39, 0.29) is 0 Å². The molecule has 0 spiro atoms. The fourth-order valence-corrected chi connectivity index (χ4v) is 2.73. The molecule has 0 aromatic heterocycles. The summed E-state index contributed by atoms with van der Waals surface area (Å²) >= 11 is 5.52. The maximum Gasteiger partial charge on any atom is 0.101 e. The molecule has 0 atom stereocenters. The minimum atomic E-state index is 0.772. The van der Waals surface area contributed by atoms with Crippen LogP contribution in [0.15, 0.2) is 16.6 Å². The molecule has 0 heterocycles. The first-order chi connectivity index (χ1) is 5.15. The lowest BCUT2D eigenvalue weighted by Crippen LogP contribution is -1.86. The molecule has 0 bridgehead atoms. The van der Waals surface area contributed by atoms with Crippen LogP contribution in [0.1, 0.15) is 11.1 Å². The van der Waals surface area contributed by atoms with E-state index in [0.717, 1.165) is 19.2 Å². The second-order valence-corrected chi connectivity index (χ2v) is 4.27. The quantitative estimate of drug-likeness (QED) is 0.673. The summed E-state index contributed by atoms with van der Waals surface area (Å²) in [6.07, 6.45) is 0. The molecular weight excluding hydrogens is 317 g/mol. The molecule has 3 heteroatoms. The van der Waals surface area contributed by atoms with Gasteiger partial charge in [0.2, 0.25) is 0 Å². The van der Waals surface area contributed by atoms with E-state index in [1.54, 1.807) is 0 Å². The summed E-state index contributed by atoms with van der Waals surface area (Å²) in [7, 11) is 0. The Balaban J connectivity index is 3.40. The van der Waals surface area contributed by atoms with Gasteiger partial charge in [-0.1, -0.05) is 15.9 Å². The average molecular weight is 322 g/mol. The minimum Gasteiger partial charge on any atom is -0.192 e. The Bertz CT molecular complexity index is 304. The lowest BCUT2D eigenvalue weighted by Gasteiger charge is -2.00. The standard InChI is InChI=1S/C8H5BrIN/c1-5-2-6(9)3-8(10)7(5)4-11/h2-3H,1H3. The topological polar surface area (TPSA) is 23.8 Å². The van der Waals surface area contributed by atoms with Crippen LogP contribution in [0.2, 0.25) is 0 Å². The molecule has 0 aliphatic carbocycles. The van der Waals surface area contributed by atoms with Crippen LogP contribution in [-0.2, 0) is 0 Å². The van der Waals surface area contributed by atoms with E-state index in [1.165, 1.54) is 0 Å². The van der Waals surface area contributed by atoms with Crippen molar-refractivity contribution in [1.29, 1.82) is 5.26 Å². The van der Waals surface area contributed by atoms with Crippen LogP contribution < -0.4 is 0 Å². The number of hydrogen-bond acceptors (Lipinski definition) is 1. The van der Waals surface area contributed by atoms with Crippen LogP contribution in [0.5, 0.6) is 0 Å². The molecule has 0 unspecified atom stereocenters. The highest BCUT2D eigenvalue weighted by atomic mass is 127. The van der Waals surface area contributed by atoms with Crippen molar-refractivity contribution in [3.8, 4) is 6.07 Å². The summed E-state index contributed by atoms with van der Waals surface area (Å²) in [5.41, 5.74) is 1.79. The predicted octanol–water partition coefficient (Wildman–Crippen LogP) is 3.23. The van der Waals surface area contributed by atoms with E-state index < -0.39 is 0 Å². The maximum absolute atomic E-state index is 8.72. The maximum atomic E-state index is 8.72. The van der Waals surface area contributed by atoms with E-state index >= 15 is 0 Å². The average Bonchev–Trinajstić information content (AvgIpc) is 1.85. The van der Waals surface area contributed by atoms with Gasteiger partial charge in [-0.3, -0.25) is 0 Å². The van der Waals surface area contributed by atoms with Gasteiger partial charge in [-0.05, 0) is 47.2 Å². The number of halogens is 2. The van der Waals surface area contributed by atoms with Crippen LogP contribution in [-0.4, -0.2) is 0 Å².